The smallest absolute Gasteiger partial charge is 0.340 e. The van der Waals surface area contributed by atoms with Crippen molar-refractivity contribution >= 4 is 40.9 Å². The summed E-state index contributed by atoms with van der Waals surface area (Å²) in [5.74, 6) is -1.12. The van der Waals surface area contributed by atoms with Crippen LogP contribution in [0.3, 0.4) is 0 Å². The van der Waals surface area contributed by atoms with Gasteiger partial charge < -0.3 is 14.8 Å². The van der Waals surface area contributed by atoms with Crippen LogP contribution in [0.1, 0.15) is 42.0 Å². The number of benzene rings is 2. The second-order valence-corrected chi connectivity index (χ2v) is 9.40. The molecule has 0 radical (unpaired) electrons. The number of ether oxygens (including phenoxy) is 2. The van der Waals surface area contributed by atoms with Gasteiger partial charge in [-0.25, -0.2) is 19.7 Å². The molecule has 1 aliphatic rings. The Morgan fingerprint density at radius 2 is 1.66 bits per heavy atom. The average Bonchev–Trinajstić information content (AvgIpc) is 3.11. The van der Waals surface area contributed by atoms with E-state index < -0.39 is 17.8 Å². The highest BCUT2D eigenvalue weighted by Gasteiger charge is 2.42. The van der Waals surface area contributed by atoms with Gasteiger partial charge in [-0.3, -0.25) is 9.59 Å². The zero-order valence-corrected chi connectivity index (χ0v) is 22.4. The number of para-hydroxylation sites is 1. The number of imide groups is 1. The van der Waals surface area contributed by atoms with Crippen molar-refractivity contribution in [1.29, 1.82) is 0 Å². The summed E-state index contributed by atoms with van der Waals surface area (Å²) in [5, 5.41) is 3.43. The molecule has 2 heterocycles. The molecule has 1 aromatic heterocycles. The summed E-state index contributed by atoms with van der Waals surface area (Å²) >= 11 is 0.999. The Morgan fingerprint density at radius 3 is 2.32 bits per heavy atom. The van der Waals surface area contributed by atoms with E-state index in [1.165, 1.54) is 6.07 Å². The van der Waals surface area contributed by atoms with Gasteiger partial charge in [-0.2, -0.15) is 0 Å². The Hall–Kier alpha value is -4.18. The molecule has 38 heavy (non-hydrogen) atoms. The highest BCUT2D eigenvalue weighted by atomic mass is 32.2. The lowest BCUT2D eigenvalue weighted by atomic mass is 10.1. The van der Waals surface area contributed by atoms with Crippen LogP contribution in [0.2, 0.25) is 0 Å². The first-order chi connectivity index (χ1) is 18.3. The normalized spacial score (nSPS) is 13.2. The average molecular weight is 533 g/mol. The lowest BCUT2D eigenvalue weighted by Gasteiger charge is -2.18. The highest BCUT2D eigenvalue weighted by Crippen LogP contribution is 2.38. The van der Waals surface area contributed by atoms with Crippen molar-refractivity contribution in [1.82, 2.24) is 9.97 Å². The van der Waals surface area contributed by atoms with Crippen molar-refractivity contribution < 1.29 is 23.9 Å². The Balaban J connectivity index is 1.75. The van der Waals surface area contributed by atoms with Gasteiger partial charge in [0.2, 0.25) is 0 Å². The van der Waals surface area contributed by atoms with Crippen LogP contribution in [0.4, 0.5) is 11.4 Å². The van der Waals surface area contributed by atoms with E-state index in [0.29, 0.717) is 29.6 Å². The predicted octanol–water partition coefficient (Wildman–Crippen LogP) is 5.05. The van der Waals surface area contributed by atoms with Crippen molar-refractivity contribution in [3.8, 4) is 5.75 Å². The monoisotopic (exact) mass is 532 g/mol. The molecule has 9 nitrogen and oxygen atoms in total. The van der Waals surface area contributed by atoms with Crippen molar-refractivity contribution in [2.75, 3.05) is 23.4 Å². The minimum atomic E-state index is -0.609. The van der Waals surface area contributed by atoms with Crippen LogP contribution in [0.25, 0.3) is 0 Å². The number of hydrogen-bond donors (Lipinski definition) is 1. The fraction of sp³-hybridized carbons (Fsp3) is 0.250. The van der Waals surface area contributed by atoms with Crippen molar-refractivity contribution in [2.24, 2.45) is 0 Å². The van der Waals surface area contributed by atoms with E-state index in [0.717, 1.165) is 28.0 Å². The quantitative estimate of drug-likeness (QED) is 0.218. The molecule has 196 valence electrons. The van der Waals surface area contributed by atoms with Gasteiger partial charge in [0.05, 0.1) is 24.5 Å². The van der Waals surface area contributed by atoms with Gasteiger partial charge >= 0.3 is 5.97 Å². The zero-order valence-electron chi connectivity index (χ0n) is 21.6. The minimum Gasteiger partial charge on any atom is -0.494 e. The van der Waals surface area contributed by atoms with Gasteiger partial charge in [0, 0.05) is 17.1 Å². The summed E-state index contributed by atoms with van der Waals surface area (Å²) in [4.78, 5) is 50.3. The molecule has 0 atom stereocenters. The maximum absolute atomic E-state index is 13.8. The predicted molar refractivity (Wildman–Crippen MR) is 145 cm³/mol. The minimum absolute atomic E-state index is 0.0589. The summed E-state index contributed by atoms with van der Waals surface area (Å²) in [6.45, 7) is 8.19. The number of aromatic nitrogens is 2. The molecule has 2 amide bonds. The van der Waals surface area contributed by atoms with Gasteiger partial charge in [0.15, 0.2) is 5.16 Å². The molecule has 0 unspecified atom stereocenters. The number of rotatable bonds is 10. The molecule has 3 aromatic rings. The third-order valence-electron chi connectivity index (χ3n) is 5.43. The van der Waals surface area contributed by atoms with Gasteiger partial charge in [0.1, 0.15) is 16.4 Å². The number of aryl methyl sites for hydroxylation is 2. The number of anilines is 2. The standard InChI is InChI=1S/C28H28N4O5S/c1-5-15-37-27(35)21-9-7-8-10-22(21)32-25(33)23(31-19-11-13-20(14-12-19)36-6-2)24(26(32)34)38-28-29-17(3)16-18(4)30-28/h7-14,16,31H,5-6,15H2,1-4H3. The number of nitrogens with one attached hydrogen (secondary N) is 1. The first kappa shape index (κ1) is 26.9. The molecule has 0 spiro atoms. The third kappa shape index (κ3) is 5.86. The van der Waals surface area contributed by atoms with Crippen molar-refractivity contribution in [3.63, 3.8) is 0 Å². The summed E-state index contributed by atoms with van der Waals surface area (Å²) in [7, 11) is 0. The maximum atomic E-state index is 13.8. The molecular weight excluding hydrogens is 504 g/mol. The topological polar surface area (TPSA) is 111 Å². The van der Waals surface area contributed by atoms with E-state index in [4.69, 9.17) is 9.47 Å². The summed E-state index contributed by atoms with van der Waals surface area (Å²) < 4.78 is 10.8. The molecule has 1 aliphatic heterocycles. The fourth-order valence-corrected chi connectivity index (χ4v) is 4.80. The van der Waals surface area contributed by atoms with Crippen molar-refractivity contribution in [2.45, 2.75) is 39.3 Å². The van der Waals surface area contributed by atoms with E-state index in [2.05, 4.69) is 15.3 Å². The number of amides is 2. The molecule has 0 saturated carbocycles. The van der Waals surface area contributed by atoms with Gasteiger partial charge in [0.25, 0.3) is 11.8 Å². The van der Waals surface area contributed by atoms with E-state index in [9.17, 15) is 14.4 Å². The Kier molecular flexibility index (Phi) is 8.42. The van der Waals surface area contributed by atoms with Gasteiger partial charge in [-0.05, 0) is 81.4 Å². The molecule has 4 rings (SSSR count). The summed E-state index contributed by atoms with van der Waals surface area (Å²) in [5.41, 5.74) is 2.38. The van der Waals surface area contributed by atoms with Crippen LogP contribution in [0.15, 0.2) is 70.4 Å². The SMILES string of the molecule is CCCOC(=O)c1ccccc1N1C(=O)C(Nc2ccc(OCC)cc2)=C(Sc2nc(C)cc(C)n2)C1=O. The maximum Gasteiger partial charge on any atom is 0.340 e. The fourth-order valence-electron chi connectivity index (χ4n) is 3.82. The lowest BCUT2D eigenvalue weighted by Crippen LogP contribution is -2.33. The Labute approximate surface area is 225 Å². The van der Waals surface area contributed by atoms with E-state index in [1.807, 2.05) is 33.8 Å². The van der Waals surface area contributed by atoms with Crippen LogP contribution >= 0.6 is 11.8 Å². The Morgan fingerprint density at radius 1 is 0.974 bits per heavy atom. The number of nitrogens with zero attached hydrogens (tertiary/aromatic N) is 3. The highest BCUT2D eigenvalue weighted by molar-refractivity contribution is 8.04. The molecule has 10 heteroatoms. The van der Waals surface area contributed by atoms with Crippen molar-refractivity contribution in [3.05, 3.63) is 82.2 Å². The summed E-state index contributed by atoms with van der Waals surface area (Å²) in [6.07, 6.45) is 0.643. The molecule has 0 aliphatic carbocycles. The van der Waals surface area contributed by atoms with Crippen LogP contribution in [0, 0.1) is 13.8 Å². The largest absolute Gasteiger partial charge is 0.494 e. The van der Waals surface area contributed by atoms with Crippen LogP contribution in [-0.4, -0.2) is 41.0 Å². The van der Waals surface area contributed by atoms with Gasteiger partial charge in [-0.1, -0.05) is 19.1 Å². The number of carbonyl (C=O) groups excluding carboxylic acids is 3. The van der Waals surface area contributed by atoms with Crippen LogP contribution < -0.4 is 15.0 Å². The molecule has 0 bridgehead atoms. The first-order valence-electron chi connectivity index (χ1n) is 12.2. The zero-order chi connectivity index (χ0) is 27.2. The number of thioether (sulfide) groups is 1. The Bertz CT molecular complexity index is 1380. The number of carbonyl (C=O) groups is 3. The van der Waals surface area contributed by atoms with Gasteiger partial charge in [-0.15, -0.1) is 0 Å². The van der Waals surface area contributed by atoms with Crippen LogP contribution in [0.5, 0.6) is 5.75 Å². The lowest BCUT2D eigenvalue weighted by molar-refractivity contribution is -0.120. The van der Waals surface area contributed by atoms with E-state index in [1.54, 1.807) is 42.5 Å². The molecule has 0 saturated heterocycles. The number of esters is 1. The van der Waals surface area contributed by atoms with E-state index >= 15 is 0 Å². The molecule has 2 aromatic carbocycles. The second kappa shape index (κ2) is 11.9. The first-order valence-corrected chi connectivity index (χ1v) is 13.0. The van der Waals surface area contributed by atoms with E-state index in [-0.39, 0.29) is 28.5 Å². The molecule has 1 N–H and O–H groups in total. The van der Waals surface area contributed by atoms with Crippen LogP contribution in [-0.2, 0) is 14.3 Å². The number of hydrogen-bond acceptors (Lipinski definition) is 9. The third-order valence-corrected chi connectivity index (χ3v) is 6.38. The molecule has 0 fully saturated rings. The molecular formula is C28H28N4O5S. The second-order valence-electron chi connectivity index (χ2n) is 8.42. The summed E-state index contributed by atoms with van der Waals surface area (Å²) in [6, 6.07) is 15.3.